The predicted octanol–water partition coefficient (Wildman–Crippen LogP) is 4.41. The van der Waals surface area contributed by atoms with Crippen LogP contribution in [0, 0.1) is 10.7 Å². The van der Waals surface area contributed by atoms with Gasteiger partial charge in [0.2, 0.25) is 0 Å². The molecule has 0 unspecified atom stereocenters. The van der Waals surface area contributed by atoms with E-state index in [-0.39, 0.29) is 20.4 Å². The van der Waals surface area contributed by atoms with Crippen molar-refractivity contribution in [2.24, 2.45) is 0 Å². The van der Waals surface area contributed by atoms with Gasteiger partial charge in [-0.1, -0.05) is 0 Å². The molecule has 0 saturated heterocycles. The zero-order valence-corrected chi connectivity index (χ0v) is 9.69. The lowest BCUT2D eigenvalue weighted by atomic mass is 10.2. The van der Waals surface area contributed by atoms with E-state index in [9.17, 15) is 17.6 Å². The van der Waals surface area contributed by atoms with E-state index in [0.29, 0.717) is 6.07 Å². The number of aromatic nitrogens is 1. The van der Waals surface area contributed by atoms with Crippen LogP contribution in [-0.2, 0) is 6.18 Å². The van der Waals surface area contributed by atoms with Gasteiger partial charge < -0.3 is 9.40 Å². The Hall–Kier alpha value is -0.890. The van der Waals surface area contributed by atoms with Gasteiger partial charge in [0, 0.05) is 0 Å². The summed E-state index contributed by atoms with van der Waals surface area (Å²) in [6.07, 6.45) is -4.78. The molecule has 0 aliphatic carbocycles. The second-order valence-electron chi connectivity index (χ2n) is 2.94. The fraction of sp³-hybridized carbons (Fsp3) is 0.125. The molecular formula is C8H2BrF4NOS. The quantitative estimate of drug-likeness (QED) is 0.576. The van der Waals surface area contributed by atoms with Crippen LogP contribution in [0.5, 0.6) is 0 Å². The van der Waals surface area contributed by atoms with Crippen LogP contribution in [0.2, 0.25) is 0 Å². The van der Waals surface area contributed by atoms with Crippen molar-refractivity contribution in [1.82, 2.24) is 4.98 Å². The molecule has 2 nitrogen and oxygen atoms in total. The monoisotopic (exact) mass is 315 g/mol. The molecule has 1 heterocycles. The van der Waals surface area contributed by atoms with E-state index < -0.39 is 17.6 Å². The minimum absolute atomic E-state index is 0.0653. The molecule has 86 valence electrons. The fourth-order valence-corrected chi connectivity index (χ4v) is 1.93. The third-order valence-electron chi connectivity index (χ3n) is 1.91. The van der Waals surface area contributed by atoms with Gasteiger partial charge in [0.1, 0.15) is 5.52 Å². The van der Waals surface area contributed by atoms with E-state index in [1.807, 2.05) is 0 Å². The summed E-state index contributed by atoms with van der Waals surface area (Å²) in [7, 11) is 0. The van der Waals surface area contributed by atoms with E-state index in [2.05, 4.69) is 33.1 Å². The van der Waals surface area contributed by atoms with E-state index in [4.69, 9.17) is 4.42 Å². The van der Waals surface area contributed by atoms with Crippen molar-refractivity contribution < 1.29 is 22.0 Å². The summed E-state index contributed by atoms with van der Waals surface area (Å²) in [5, 5.41) is 0. The summed E-state index contributed by atoms with van der Waals surface area (Å²) in [6.45, 7) is 0. The van der Waals surface area contributed by atoms with Crippen LogP contribution in [0.3, 0.4) is 0 Å². The Balaban J connectivity index is 2.88. The number of oxazole rings is 1. The van der Waals surface area contributed by atoms with Crippen LogP contribution >= 0.6 is 28.1 Å². The van der Waals surface area contributed by atoms with Gasteiger partial charge in [0.05, 0.1) is 10.0 Å². The Morgan fingerprint density at radius 1 is 1.38 bits per heavy atom. The molecule has 1 N–H and O–H groups in total. The maximum Gasteiger partial charge on any atom is 0.419 e. The fourth-order valence-electron chi connectivity index (χ4n) is 1.23. The smallest absolute Gasteiger partial charge is 0.419 e. The summed E-state index contributed by atoms with van der Waals surface area (Å²) in [5.74, 6) is -1.40. The molecule has 2 aromatic rings. The molecular weight excluding hydrogens is 314 g/mol. The lowest BCUT2D eigenvalue weighted by molar-refractivity contribution is -0.140. The summed E-state index contributed by atoms with van der Waals surface area (Å²) in [6, 6.07) is 0.571. The van der Waals surface area contributed by atoms with Crippen LogP contribution in [0.4, 0.5) is 17.6 Å². The van der Waals surface area contributed by atoms with Crippen molar-refractivity contribution >= 4 is 39.2 Å². The molecule has 0 aliphatic heterocycles. The summed E-state index contributed by atoms with van der Waals surface area (Å²) >= 11 is 7.33. The van der Waals surface area contributed by atoms with E-state index in [1.54, 1.807) is 0 Å². The number of benzene rings is 1. The Kier molecular flexibility index (Phi) is 2.58. The van der Waals surface area contributed by atoms with Crippen molar-refractivity contribution in [2.75, 3.05) is 0 Å². The lowest BCUT2D eigenvalue weighted by Crippen LogP contribution is -2.08. The number of halogens is 5. The van der Waals surface area contributed by atoms with Gasteiger partial charge in [-0.05, 0) is 34.2 Å². The number of hydrogen-bond acceptors (Lipinski definition) is 2. The highest BCUT2D eigenvalue weighted by molar-refractivity contribution is 9.10. The zero-order chi connectivity index (χ0) is 12.1. The largest absolute Gasteiger partial charge is 0.429 e. The molecule has 0 radical (unpaired) electrons. The Labute approximate surface area is 99.4 Å². The average molecular weight is 316 g/mol. The van der Waals surface area contributed by atoms with Crippen molar-refractivity contribution in [3.63, 3.8) is 0 Å². The van der Waals surface area contributed by atoms with E-state index in [1.165, 1.54) is 0 Å². The van der Waals surface area contributed by atoms with Crippen LogP contribution in [-0.4, -0.2) is 4.98 Å². The SMILES string of the molecule is Fc1c(C(F)(F)F)cc2oc(=S)[nH]c2c1Br. The van der Waals surface area contributed by atoms with Gasteiger partial charge in [0.15, 0.2) is 11.4 Å². The first-order valence-electron chi connectivity index (χ1n) is 3.88. The maximum atomic E-state index is 13.4. The molecule has 0 saturated carbocycles. The zero-order valence-electron chi connectivity index (χ0n) is 7.28. The molecule has 16 heavy (non-hydrogen) atoms. The Morgan fingerprint density at radius 3 is 2.56 bits per heavy atom. The number of rotatable bonds is 0. The highest BCUT2D eigenvalue weighted by Crippen LogP contribution is 2.37. The van der Waals surface area contributed by atoms with Gasteiger partial charge >= 0.3 is 6.18 Å². The number of nitrogens with one attached hydrogen (secondary N) is 1. The number of hydrogen-bond donors (Lipinski definition) is 1. The highest BCUT2D eigenvalue weighted by atomic mass is 79.9. The molecule has 0 fully saturated rings. The third kappa shape index (κ3) is 1.75. The van der Waals surface area contributed by atoms with Crippen molar-refractivity contribution in [1.29, 1.82) is 0 Å². The second kappa shape index (κ2) is 3.56. The van der Waals surface area contributed by atoms with Crippen molar-refractivity contribution in [3.8, 4) is 0 Å². The predicted molar refractivity (Wildman–Crippen MR) is 54.1 cm³/mol. The number of fused-ring (bicyclic) bond motifs is 1. The van der Waals surface area contributed by atoms with Crippen LogP contribution in [0.1, 0.15) is 5.56 Å². The highest BCUT2D eigenvalue weighted by Gasteiger charge is 2.36. The molecule has 0 aliphatic rings. The standard InChI is InChI=1S/C8H2BrF4NOS/c9-4-5(10)2(8(11,12)13)1-3-6(4)14-7(16)15-3/h1H,(H,14,16). The second-order valence-corrected chi connectivity index (χ2v) is 4.10. The normalized spacial score (nSPS) is 12.3. The van der Waals surface area contributed by atoms with Gasteiger partial charge in [-0.2, -0.15) is 13.2 Å². The van der Waals surface area contributed by atoms with Gasteiger partial charge in [-0.3, -0.25) is 0 Å². The Bertz CT molecular complexity index is 615. The molecule has 8 heteroatoms. The van der Waals surface area contributed by atoms with Gasteiger partial charge in [-0.25, -0.2) is 4.39 Å². The first kappa shape index (κ1) is 11.6. The molecule has 0 bridgehead atoms. The van der Waals surface area contributed by atoms with Crippen LogP contribution in [0.25, 0.3) is 11.1 Å². The van der Waals surface area contributed by atoms with Gasteiger partial charge in [0.25, 0.3) is 4.84 Å². The molecule has 0 spiro atoms. The molecule has 0 amide bonds. The van der Waals surface area contributed by atoms with Crippen molar-refractivity contribution in [2.45, 2.75) is 6.18 Å². The maximum absolute atomic E-state index is 13.4. The minimum atomic E-state index is -4.78. The molecule has 1 aromatic heterocycles. The summed E-state index contributed by atoms with van der Waals surface area (Å²) in [4.78, 5) is 2.32. The average Bonchev–Trinajstić information content (AvgIpc) is 2.51. The number of aromatic amines is 1. The van der Waals surface area contributed by atoms with Crippen LogP contribution in [0.15, 0.2) is 15.0 Å². The Morgan fingerprint density at radius 2 is 2.00 bits per heavy atom. The first-order valence-corrected chi connectivity index (χ1v) is 5.09. The number of alkyl halides is 3. The molecule has 0 atom stereocenters. The lowest BCUT2D eigenvalue weighted by Gasteiger charge is -2.08. The van der Waals surface area contributed by atoms with Crippen LogP contribution < -0.4 is 0 Å². The van der Waals surface area contributed by atoms with E-state index >= 15 is 0 Å². The van der Waals surface area contributed by atoms with Gasteiger partial charge in [-0.15, -0.1) is 0 Å². The number of H-pyrrole nitrogens is 1. The third-order valence-corrected chi connectivity index (χ3v) is 2.84. The minimum Gasteiger partial charge on any atom is -0.429 e. The first-order chi connectivity index (χ1) is 7.30. The topological polar surface area (TPSA) is 28.9 Å². The van der Waals surface area contributed by atoms with E-state index in [0.717, 1.165) is 0 Å². The molecule has 2 rings (SSSR count). The van der Waals surface area contributed by atoms with Crippen molar-refractivity contribution in [3.05, 3.63) is 26.8 Å². The summed E-state index contributed by atoms with van der Waals surface area (Å²) < 4.78 is 55.1. The summed E-state index contributed by atoms with van der Waals surface area (Å²) in [5.41, 5.74) is -1.48. The molecule has 1 aromatic carbocycles.